The van der Waals surface area contributed by atoms with Gasteiger partial charge in [-0.05, 0) is 56.2 Å². The monoisotopic (exact) mass is 291 g/mol. The quantitative estimate of drug-likeness (QED) is 0.781. The van der Waals surface area contributed by atoms with E-state index in [2.05, 4.69) is 15.3 Å². The molecule has 3 rings (SSSR count). The van der Waals surface area contributed by atoms with Gasteiger partial charge in [-0.1, -0.05) is 17.7 Å². The lowest BCUT2D eigenvalue weighted by molar-refractivity contribution is 0.101. The Hall–Kier alpha value is -2.75. The summed E-state index contributed by atoms with van der Waals surface area (Å²) in [6, 6.07) is 11.7. The summed E-state index contributed by atoms with van der Waals surface area (Å²) in [6.45, 7) is 6.06. The van der Waals surface area contributed by atoms with Crippen LogP contribution in [0.5, 0.6) is 0 Å². The maximum absolute atomic E-state index is 12.3. The smallest absolute Gasteiger partial charge is 0.293 e. The van der Waals surface area contributed by atoms with Crippen molar-refractivity contribution in [2.75, 3.05) is 5.32 Å². The van der Waals surface area contributed by atoms with Gasteiger partial charge in [-0.25, -0.2) is 9.97 Å². The number of carbonyl (C=O) groups excluding carboxylic acids is 1. The van der Waals surface area contributed by atoms with Crippen LogP contribution in [-0.2, 0) is 0 Å². The highest BCUT2D eigenvalue weighted by atomic mass is 16.2. The van der Waals surface area contributed by atoms with E-state index in [-0.39, 0.29) is 11.7 Å². The largest absolute Gasteiger partial charge is 0.319 e. The average molecular weight is 291 g/mol. The molecule has 1 heterocycles. The second kappa shape index (κ2) is 5.56. The summed E-state index contributed by atoms with van der Waals surface area (Å²) in [4.78, 5) is 20.8. The summed E-state index contributed by atoms with van der Waals surface area (Å²) in [6.07, 6.45) is 1.69. The normalized spacial score (nSPS) is 10.7. The Morgan fingerprint density at radius 1 is 1.00 bits per heavy atom. The third kappa shape index (κ3) is 2.81. The number of nitrogens with one attached hydrogen (secondary N) is 1. The van der Waals surface area contributed by atoms with Crippen molar-refractivity contribution >= 4 is 22.5 Å². The number of aryl methyl sites for hydroxylation is 3. The van der Waals surface area contributed by atoms with Gasteiger partial charge < -0.3 is 5.32 Å². The first-order valence-electron chi connectivity index (χ1n) is 7.15. The summed E-state index contributed by atoms with van der Waals surface area (Å²) in [7, 11) is 0. The summed E-state index contributed by atoms with van der Waals surface area (Å²) in [5.74, 6) is -0.125. The van der Waals surface area contributed by atoms with Gasteiger partial charge in [0.05, 0.1) is 5.52 Å². The van der Waals surface area contributed by atoms with E-state index in [1.165, 1.54) is 5.56 Å². The fraction of sp³-hybridized carbons (Fsp3) is 0.167. The molecule has 0 aliphatic heterocycles. The Balaban J connectivity index is 1.88. The molecule has 1 amide bonds. The number of rotatable bonds is 2. The molecule has 110 valence electrons. The lowest BCUT2D eigenvalue weighted by atomic mass is 10.1. The van der Waals surface area contributed by atoms with Crippen molar-refractivity contribution in [1.82, 2.24) is 9.97 Å². The van der Waals surface area contributed by atoms with Crippen molar-refractivity contribution in [3.05, 3.63) is 65.1 Å². The maximum atomic E-state index is 12.3. The number of anilines is 1. The molecule has 0 saturated carbocycles. The number of hydrogen-bond acceptors (Lipinski definition) is 3. The van der Waals surface area contributed by atoms with Gasteiger partial charge in [-0.2, -0.15) is 0 Å². The van der Waals surface area contributed by atoms with Crippen LogP contribution in [0.15, 0.2) is 42.6 Å². The molecule has 0 radical (unpaired) electrons. The van der Waals surface area contributed by atoms with Crippen molar-refractivity contribution in [2.45, 2.75) is 20.8 Å². The van der Waals surface area contributed by atoms with Crippen molar-refractivity contribution in [1.29, 1.82) is 0 Å². The lowest BCUT2D eigenvalue weighted by Gasteiger charge is -2.07. The molecule has 3 aromatic rings. The number of aromatic nitrogens is 2. The molecule has 1 N–H and O–H groups in total. The van der Waals surface area contributed by atoms with E-state index in [0.717, 1.165) is 27.7 Å². The molecule has 0 unspecified atom stereocenters. The van der Waals surface area contributed by atoms with Gasteiger partial charge in [0.15, 0.2) is 0 Å². The first-order valence-corrected chi connectivity index (χ1v) is 7.15. The molecule has 4 heteroatoms. The molecule has 0 aliphatic rings. The van der Waals surface area contributed by atoms with Crippen LogP contribution >= 0.6 is 0 Å². The molecule has 2 aromatic carbocycles. The second-order valence-corrected chi connectivity index (χ2v) is 5.51. The van der Waals surface area contributed by atoms with Crippen LogP contribution in [-0.4, -0.2) is 15.9 Å². The van der Waals surface area contributed by atoms with Crippen molar-refractivity contribution in [2.24, 2.45) is 0 Å². The predicted molar refractivity (Wildman–Crippen MR) is 88.1 cm³/mol. The van der Waals surface area contributed by atoms with E-state index in [9.17, 15) is 4.79 Å². The summed E-state index contributed by atoms with van der Waals surface area (Å²) >= 11 is 0. The van der Waals surface area contributed by atoms with E-state index in [1.807, 2.05) is 57.2 Å². The molecule has 0 fully saturated rings. The van der Waals surface area contributed by atoms with Gasteiger partial charge in [-0.15, -0.1) is 0 Å². The molecule has 0 bridgehead atoms. The number of amides is 1. The highest BCUT2D eigenvalue weighted by Gasteiger charge is 2.11. The summed E-state index contributed by atoms with van der Waals surface area (Å²) in [5, 5.41) is 3.77. The zero-order valence-electron chi connectivity index (χ0n) is 12.8. The fourth-order valence-electron chi connectivity index (χ4n) is 2.27. The minimum Gasteiger partial charge on any atom is -0.319 e. The van der Waals surface area contributed by atoms with Crippen molar-refractivity contribution in [3.63, 3.8) is 0 Å². The number of nitrogens with zero attached hydrogens (tertiary/aromatic N) is 2. The number of hydrogen-bond donors (Lipinski definition) is 1. The maximum Gasteiger partial charge on any atom is 0.293 e. The molecule has 1 aromatic heterocycles. The number of carbonyl (C=O) groups is 1. The summed E-state index contributed by atoms with van der Waals surface area (Å²) in [5.41, 5.74) is 4.98. The first kappa shape index (κ1) is 14.2. The molecule has 0 saturated heterocycles. The van der Waals surface area contributed by atoms with Gasteiger partial charge in [0.2, 0.25) is 5.82 Å². The standard InChI is InChI=1S/C18H17N3O/c1-11-4-7-16-14(8-11)10-19-17(21-16)18(22)20-15-6-5-12(2)13(3)9-15/h4-10H,1-3H3,(H,20,22). The molecule has 0 aliphatic carbocycles. The minimum absolute atomic E-state index is 0.176. The first-order chi connectivity index (χ1) is 10.5. The van der Waals surface area contributed by atoms with Gasteiger partial charge in [0, 0.05) is 17.3 Å². The van der Waals surface area contributed by atoms with Crippen LogP contribution in [0.3, 0.4) is 0 Å². The molecule has 0 spiro atoms. The van der Waals surface area contributed by atoms with Crippen molar-refractivity contribution in [3.8, 4) is 0 Å². The number of fused-ring (bicyclic) bond motifs is 1. The molecular weight excluding hydrogens is 274 g/mol. The van der Waals surface area contributed by atoms with E-state index < -0.39 is 0 Å². The van der Waals surface area contributed by atoms with Gasteiger partial charge in [-0.3, -0.25) is 4.79 Å². The van der Waals surface area contributed by atoms with E-state index in [0.29, 0.717) is 0 Å². The Morgan fingerprint density at radius 2 is 1.82 bits per heavy atom. The van der Waals surface area contributed by atoms with Crippen LogP contribution < -0.4 is 5.32 Å². The van der Waals surface area contributed by atoms with E-state index in [1.54, 1.807) is 6.20 Å². The predicted octanol–water partition coefficient (Wildman–Crippen LogP) is 3.81. The van der Waals surface area contributed by atoms with Gasteiger partial charge in [0.25, 0.3) is 5.91 Å². The van der Waals surface area contributed by atoms with Gasteiger partial charge in [0.1, 0.15) is 0 Å². The molecular formula is C18H17N3O. The third-order valence-corrected chi connectivity index (χ3v) is 3.70. The Morgan fingerprint density at radius 3 is 2.59 bits per heavy atom. The van der Waals surface area contributed by atoms with Crippen LogP contribution in [0.1, 0.15) is 27.3 Å². The van der Waals surface area contributed by atoms with Crippen molar-refractivity contribution < 1.29 is 4.79 Å². The molecule has 4 nitrogen and oxygen atoms in total. The SMILES string of the molecule is Cc1ccc2nc(C(=O)Nc3ccc(C)c(C)c3)ncc2c1. The Kier molecular flexibility index (Phi) is 3.59. The number of benzene rings is 2. The van der Waals surface area contributed by atoms with Gasteiger partial charge >= 0.3 is 0 Å². The van der Waals surface area contributed by atoms with E-state index in [4.69, 9.17) is 0 Å². The van der Waals surface area contributed by atoms with Crippen LogP contribution in [0, 0.1) is 20.8 Å². The van der Waals surface area contributed by atoms with Crippen LogP contribution in [0.4, 0.5) is 5.69 Å². The zero-order chi connectivity index (χ0) is 15.7. The lowest BCUT2D eigenvalue weighted by Crippen LogP contribution is -2.15. The summed E-state index contributed by atoms with van der Waals surface area (Å²) < 4.78 is 0. The van der Waals surface area contributed by atoms with Crippen LogP contribution in [0.25, 0.3) is 10.9 Å². The van der Waals surface area contributed by atoms with E-state index >= 15 is 0 Å². The second-order valence-electron chi connectivity index (χ2n) is 5.51. The highest BCUT2D eigenvalue weighted by molar-refractivity contribution is 6.02. The topological polar surface area (TPSA) is 54.9 Å². The third-order valence-electron chi connectivity index (χ3n) is 3.70. The average Bonchev–Trinajstić information content (AvgIpc) is 2.50. The Bertz CT molecular complexity index is 871. The molecule has 22 heavy (non-hydrogen) atoms. The minimum atomic E-state index is -0.300. The fourth-order valence-corrected chi connectivity index (χ4v) is 2.27. The molecule has 0 atom stereocenters. The highest BCUT2D eigenvalue weighted by Crippen LogP contribution is 2.16. The van der Waals surface area contributed by atoms with Crippen LogP contribution in [0.2, 0.25) is 0 Å². The zero-order valence-corrected chi connectivity index (χ0v) is 12.8. The Labute approximate surface area is 129 Å².